The minimum atomic E-state index is -0.581. The Bertz CT molecular complexity index is 536. The second-order valence-electron chi connectivity index (χ2n) is 4.09. The standard InChI is InChI=1S/C8H10N2S.C4H7NO2.C4H8O2/c9-5-6-2-1-3-7(4-6)8(10)11;1-2-7-4(6)3-5;1-3-6-4(2)5/h1-4H,5,9H2,(H2,10,11);3,5H,2H2,1H3;3H2,1-2H3. The summed E-state index contributed by atoms with van der Waals surface area (Å²) in [6, 6.07) is 7.63. The van der Waals surface area contributed by atoms with Crippen molar-refractivity contribution in [3.63, 3.8) is 0 Å². The van der Waals surface area contributed by atoms with E-state index in [1.165, 1.54) is 6.92 Å². The van der Waals surface area contributed by atoms with E-state index in [1.807, 2.05) is 24.3 Å². The smallest absolute Gasteiger partial charge is 0.348 e. The van der Waals surface area contributed by atoms with Crippen LogP contribution in [0, 0.1) is 5.41 Å². The van der Waals surface area contributed by atoms with E-state index < -0.39 is 5.97 Å². The van der Waals surface area contributed by atoms with Gasteiger partial charge in [-0.1, -0.05) is 30.4 Å². The fourth-order valence-electron chi connectivity index (χ4n) is 1.24. The first-order valence-electron chi connectivity index (χ1n) is 7.21. The van der Waals surface area contributed by atoms with Gasteiger partial charge in [0.2, 0.25) is 0 Å². The highest BCUT2D eigenvalue weighted by Crippen LogP contribution is 2.03. The maximum absolute atomic E-state index is 9.95. The van der Waals surface area contributed by atoms with Gasteiger partial charge in [0.05, 0.1) is 13.2 Å². The van der Waals surface area contributed by atoms with Crippen LogP contribution in [0.2, 0.25) is 0 Å². The SMILES string of the molecule is CCOC(=O)C=N.CCOC(C)=O.NCc1cccc(C(N)=S)c1. The lowest BCUT2D eigenvalue weighted by atomic mass is 10.1. The summed E-state index contributed by atoms with van der Waals surface area (Å²) < 4.78 is 8.71. The molecule has 0 saturated heterocycles. The molecule has 7 nitrogen and oxygen atoms in total. The van der Waals surface area contributed by atoms with Gasteiger partial charge in [-0.05, 0) is 25.5 Å². The van der Waals surface area contributed by atoms with Crippen molar-refractivity contribution in [2.45, 2.75) is 27.3 Å². The van der Waals surface area contributed by atoms with E-state index >= 15 is 0 Å². The number of benzene rings is 1. The van der Waals surface area contributed by atoms with Crippen LogP contribution < -0.4 is 11.5 Å². The summed E-state index contributed by atoms with van der Waals surface area (Å²) in [6.45, 7) is 6.21. The van der Waals surface area contributed by atoms with Crippen molar-refractivity contribution in [1.82, 2.24) is 0 Å². The summed E-state index contributed by atoms with van der Waals surface area (Å²) >= 11 is 4.81. The number of nitrogens with two attached hydrogens (primary N) is 2. The highest BCUT2D eigenvalue weighted by atomic mass is 32.1. The number of ether oxygens (including phenoxy) is 2. The predicted octanol–water partition coefficient (Wildman–Crippen LogP) is 1.55. The molecule has 0 aromatic heterocycles. The molecule has 0 saturated carbocycles. The van der Waals surface area contributed by atoms with Gasteiger partial charge in [-0.2, -0.15) is 0 Å². The van der Waals surface area contributed by atoms with Crippen LogP contribution in [0.5, 0.6) is 0 Å². The topological polar surface area (TPSA) is 128 Å². The monoisotopic (exact) mass is 355 g/mol. The van der Waals surface area contributed by atoms with Crippen LogP contribution >= 0.6 is 12.2 Å². The van der Waals surface area contributed by atoms with Crippen LogP contribution in [0.3, 0.4) is 0 Å². The molecule has 24 heavy (non-hydrogen) atoms. The molecule has 134 valence electrons. The average molecular weight is 355 g/mol. The largest absolute Gasteiger partial charge is 0.466 e. The van der Waals surface area contributed by atoms with E-state index in [-0.39, 0.29) is 5.97 Å². The number of hydrogen-bond acceptors (Lipinski definition) is 7. The van der Waals surface area contributed by atoms with Crippen molar-refractivity contribution in [2.24, 2.45) is 11.5 Å². The van der Waals surface area contributed by atoms with Gasteiger partial charge in [0, 0.05) is 19.0 Å². The van der Waals surface area contributed by atoms with Crippen LogP contribution in [0.15, 0.2) is 24.3 Å². The van der Waals surface area contributed by atoms with Gasteiger partial charge in [-0.15, -0.1) is 0 Å². The molecule has 1 aromatic rings. The van der Waals surface area contributed by atoms with E-state index in [4.69, 9.17) is 29.1 Å². The van der Waals surface area contributed by atoms with Gasteiger partial charge in [-0.3, -0.25) is 4.79 Å². The number of nitrogens with one attached hydrogen (secondary N) is 1. The van der Waals surface area contributed by atoms with Gasteiger partial charge in [0.1, 0.15) is 11.2 Å². The molecule has 0 atom stereocenters. The Kier molecular flexibility index (Phi) is 15.5. The molecule has 0 radical (unpaired) electrons. The Balaban J connectivity index is 0. The first-order valence-corrected chi connectivity index (χ1v) is 7.62. The van der Waals surface area contributed by atoms with E-state index in [1.54, 1.807) is 13.8 Å². The molecular formula is C16H25N3O4S. The number of hydrogen-bond donors (Lipinski definition) is 3. The van der Waals surface area contributed by atoms with Crippen molar-refractivity contribution in [3.8, 4) is 0 Å². The minimum Gasteiger partial charge on any atom is -0.466 e. The van der Waals surface area contributed by atoms with Gasteiger partial charge in [-0.25, -0.2) is 4.79 Å². The number of carbonyl (C=O) groups is 2. The molecule has 0 fully saturated rings. The average Bonchev–Trinajstić information content (AvgIpc) is 2.56. The molecule has 0 aliphatic rings. The summed E-state index contributed by atoms with van der Waals surface area (Å²) in [5, 5.41) is 6.31. The van der Waals surface area contributed by atoms with Gasteiger partial charge < -0.3 is 26.4 Å². The highest BCUT2D eigenvalue weighted by Gasteiger charge is 1.95. The van der Waals surface area contributed by atoms with Crippen LogP contribution in [0.4, 0.5) is 0 Å². The summed E-state index contributed by atoms with van der Waals surface area (Å²) in [5.74, 6) is -0.792. The van der Waals surface area contributed by atoms with Crippen LogP contribution in [0.25, 0.3) is 0 Å². The van der Waals surface area contributed by atoms with Crippen LogP contribution in [0.1, 0.15) is 31.9 Å². The zero-order valence-corrected chi connectivity index (χ0v) is 15.0. The molecule has 5 N–H and O–H groups in total. The number of thiocarbonyl (C=S) groups is 1. The molecule has 0 bridgehead atoms. The van der Waals surface area contributed by atoms with Gasteiger partial charge in [0.25, 0.3) is 0 Å². The molecule has 0 heterocycles. The molecule has 1 aromatic carbocycles. The van der Waals surface area contributed by atoms with Crippen molar-refractivity contribution in [3.05, 3.63) is 35.4 Å². The third-order valence-electron chi connectivity index (χ3n) is 2.20. The molecule has 0 aliphatic heterocycles. The first-order chi connectivity index (χ1) is 11.3. The molecule has 1 rings (SSSR count). The number of esters is 2. The fraction of sp³-hybridized carbons (Fsp3) is 0.375. The Morgan fingerprint density at radius 1 is 1.25 bits per heavy atom. The van der Waals surface area contributed by atoms with Gasteiger partial charge >= 0.3 is 11.9 Å². The van der Waals surface area contributed by atoms with E-state index in [0.29, 0.717) is 31.0 Å². The predicted molar refractivity (Wildman–Crippen MR) is 97.9 cm³/mol. The fourth-order valence-corrected chi connectivity index (χ4v) is 1.37. The molecule has 0 aliphatic carbocycles. The second kappa shape index (κ2) is 15.6. The van der Waals surface area contributed by atoms with Crippen LogP contribution in [-0.4, -0.2) is 36.4 Å². The minimum absolute atomic E-state index is 0.211. The van der Waals surface area contributed by atoms with Crippen molar-refractivity contribution >= 4 is 35.4 Å². The third-order valence-corrected chi connectivity index (χ3v) is 2.43. The Morgan fingerprint density at radius 3 is 2.12 bits per heavy atom. The third kappa shape index (κ3) is 14.6. The molecule has 0 amide bonds. The number of carbonyl (C=O) groups excluding carboxylic acids is 2. The lowest BCUT2D eigenvalue weighted by Crippen LogP contribution is -2.10. The Labute approximate surface area is 147 Å². The first kappa shape index (κ1) is 23.9. The zero-order chi connectivity index (χ0) is 19.0. The molecule has 0 spiro atoms. The highest BCUT2D eigenvalue weighted by molar-refractivity contribution is 7.80. The van der Waals surface area contributed by atoms with Crippen molar-refractivity contribution < 1.29 is 19.1 Å². The summed E-state index contributed by atoms with van der Waals surface area (Å²) in [5.41, 5.74) is 12.8. The molecular weight excluding hydrogens is 330 g/mol. The van der Waals surface area contributed by atoms with Crippen molar-refractivity contribution in [2.75, 3.05) is 13.2 Å². The molecule has 8 heteroatoms. The van der Waals surface area contributed by atoms with Gasteiger partial charge in [0.15, 0.2) is 0 Å². The summed E-state index contributed by atoms with van der Waals surface area (Å²) in [4.78, 5) is 20.2. The Morgan fingerprint density at radius 2 is 1.83 bits per heavy atom. The lowest BCUT2D eigenvalue weighted by Gasteiger charge is -1.99. The summed E-state index contributed by atoms with van der Waals surface area (Å²) in [6.07, 6.45) is 0.642. The maximum Gasteiger partial charge on any atom is 0.348 e. The van der Waals surface area contributed by atoms with E-state index in [0.717, 1.165) is 11.1 Å². The van der Waals surface area contributed by atoms with Crippen LogP contribution in [-0.2, 0) is 25.6 Å². The summed E-state index contributed by atoms with van der Waals surface area (Å²) in [7, 11) is 0. The number of rotatable bonds is 5. The zero-order valence-electron chi connectivity index (χ0n) is 14.2. The maximum atomic E-state index is 9.95. The second-order valence-corrected chi connectivity index (χ2v) is 4.53. The lowest BCUT2D eigenvalue weighted by molar-refractivity contribution is -0.140. The Hall–Kier alpha value is -2.32. The van der Waals surface area contributed by atoms with E-state index in [2.05, 4.69) is 9.47 Å². The van der Waals surface area contributed by atoms with Crippen molar-refractivity contribution in [1.29, 1.82) is 5.41 Å². The molecule has 0 unspecified atom stereocenters. The quantitative estimate of drug-likeness (QED) is 0.415. The normalized spacial score (nSPS) is 8.50. The van der Waals surface area contributed by atoms with E-state index in [9.17, 15) is 9.59 Å².